The number of rotatable bonds is 6. The maximum absolute atomic E-state index is 15.0. The number of fused-ring (bicyclic) bond motifs is 1. The number of amides is 1. The van der Waals surface area contributed by atoms with Crippen molar-refractivity contribution in [2.24, 2.45) is 7.05 Å². The number of hydrogen-bond acceptors (Lipinski definition) is 5. The van der Waals surface area contributed by atoms with Crippen molar-refractivity contribution in [2.45, 2.75) is 13.3 Å². The number of aromatic nitrogens is 2. The fourth-order valence-electron chi connectivity index (χ4n) is 3.95. The third-order valence-electron chi connectivity index (χ3n) is 5.87. The van der Waals surface area contributed by atoms with Crippen molar-refractivity contribution in [3.63, 3.8) is 0 Å². The summed E-state index contributed by atoms with van der Waals surface area (Å²) in [6.45, 7) is 2.80. The average Bonchev–Trinajstić information content (AvgIpc) is 3.32. The maximum Gasteiger partial charge on any atom is 0.417 e. The molecular formula is C28H24F2N4O3. The van der Waals surface area contributed by atoms with E-state index in [1.165, 1.54) is 42.0 Å². The highest BCUT2D eigenvalue weighted by atomic mass is 19.1. The second kappa shape index (κ2) is 10.1. The maximum atomic E-state index is 15.0. The van der Waals surface area contributed by atoms with Gasteiger partial charge in [-0.3, -0.25) is 5.32 Å². The molecule has 5 rings (SSSR count). The number of hydrogen-bond donors (Lipinski definition) is 1. The van der Waals surface area contributed by atoms with Crippen LogP contribution in [0.25, 0.3) is 5.57 Å². The van der Waals surface area contributed by atoms with Gasteiger partial charge in [0, 0.05) is 43.3 Å². The Hall–Kier alpha value is -4.66. The lowest BCUT2D eigenvalue weighted by Gasteiger charge is -2.32. The molecule has 0 saturated heterocycles. The van der Waals surface area contributed by atoms with E-state index in [1.807, 2.05) is 36.2 Å². The monoisotopic (exact) mass is 502 g/mol. The number of halogens is 2. The Morgan fingerprint density at radius 2 is 1.95 bits per heavy atom. The van der Waals surface area contributed by atoms with Crippen LogP contribution in [0.2, 0.25) is 0 Å². The molecule has 9 heteroatoms. The van der Waals surface area contributed by atoms with Crippen LogP contribution < -0.4 is 14.8 Å². The highest BCUT2D eigenvalue weighted by Gasteiger charge is 2.25. The zero-order valence-corrected chi connectivity index (χ0v) is 20.2. The Morgan fingerprint density at radius 3 is 2.65 bits per heavy atom. The number of ether oxygens (including phenoxy) is 2. The average molecular weight is 503 g/mol. The molecule has 0 bridgehead atoms. The van der Waals surface area contributed by atoms with Crippen LogP contribution in [0, 0.1) is 11.6 Å². The molecule has 3 aromatic rings. The van der Waals surface area contributed by atoms with Gasteiger partial charge in [0.15, 0.2) is 17.3 Å². The van der Waals surface area contributed by atoms with Crippen LogP contribution in [0.5, 0.6) is 11.5 Å². The van der Waals surface area contributed by atoms with E-state index in [9.17, 15) is 9.18 Å². The largest absolute Gasteiger partial charge is 0.452 e. The van der Waals surface area contributed by atoms with Gasteiger partial charge in [-0.2, -0.15) is 0 Å². The number of aryl methyl sites for hydroxylation is 1. The molecule has 0 radical (unpaired) electrons. The van der Waals surface area contributed by atoms with Crippen molar-refractivity contribution >= 4 is 17.4 Å². The summed E-state index contributed by atoms with van der Waals surface area (Å²) in [4.78, 5) is 18.6. The van der Waals surface area contributed by atoms with Crippen molar-refractivity contribution in [3.8, 4) is 11.5 Å². The lowest BCUT2D eigenvalue weighted by molar-refractivity contribution is 0.215. The number of carbonyl (C=O) groups excluding carboxylic acids is 1. The SMILES string of the molecule is CCC1=CC=C2C(Oc3ccc(NC(=O)Oc4ccc(F)cc4)cc3F)=CC(c3cn(C)cn3)=CN2C1. The molecule has 2 aromatic carbocycles. The van der Waals surface area contributed by atoms with Crippen molar-refractivity contribution in [1.82, 2.24) is 14.5 Å². The van der Waals surface area contributed by atoms with Gasteiger partial charge >= 0.3 is 6.09 Å². The van der Waals surface area contributed by atoms with E-state index >= 15 is 4.39 Å². The van der Waals surface area contributed by atoms with E-state index in [0.29, 0.717) is 12.3 Å². The molecule has 2 aliphatic heterocycles. The summed E-state index contributed by atoms with van der Waals surface area (Å²) < 4.78 is 41.0. The molecule has 0 fully saturated rings. The highest BCUT2D eigenvalue weighted by Crippen LogP contribution is 2.34. The molecule has 1 N–H and O–H groups in total. The molecular weight excluding hydrogens is 478 g/mol. The quantitative estimate of drug-likeness (QED) is 0.437. The lowest BCUT2D eigenvalue weighted by Crippen LogP contribution is -2.27. The first-order valence-electron chi connectivity index (χ1n) is 11.7. The van der Waals surface area contributed by atoms with E-state index < -0.39 is 17.7 Å². The van der Waals surface area contributed by atoms with Crippen molar-refractivity contribution < 1.29 is 23.0 Å². The second-order valence-corrected chi connectivity index (χ2v) is 8.59. The summed E-state index contributed by atoms with van der Waals surface area (Å²) in [5.41, 5.74) is 3.86. The molecule has 1 aromatic heterocycles. The van der Waals surface area contributed by atoms with Crippen LogP contribution >= 0.6 is 0 Å². The number of imidazole rings is 1. The van der Waals surface area contributed by atoms with Gasteiger partial charge in [0.05, 0.1) is 17.7 Å². The summed E-state index contributed by atoms with van der Waals surface area (Å²) in [5, 5.41) is 2.45. The van der Waals surface area contributed by atoms with E-state index in [4.69, 9.17) is 9.47 Å². The normalized spacial score (nSPS) is 14.6. The van der Waals surface area contributed by atoms with Crippen LogP contribution in [-0.2, 0) is 7.05 Å². The molecule has 1 amide bonds. The predicted molar refractivity (Wildman–Crippen MR) is 136 cm³/mol. The lowest BCUT2D eigenvalue weighted by atomic mass is 10.0. The third kappa shape index (κ3) is 5.45. The molecule has 7 nitrogen and oxygen atoms in total. The van der Waals surface area contributed by atoms with Gasteiger partial charge in [-0.25, -0.2) is 18.6 Å². The molecule has 0 saturated carbocycles. The topological polar surface area (TPSA) is 68.6 Å². The predicted octanol–water partition coefficient (Wildman–Crippen LogP) is 6.16. The van der Waals surface area contributed by atoms with E-state index in [1.54, 1.807) is 6.33 Å². The van der Waals surface area contributed by atoms with Crippen LogP contribution in [-0.4, -0.2) is 27.1 Å². The van der Waals surface area contributed by atoms with E-state index in [-0.39, 0.29) is 17.2 Å². The first kappa shape index (κ1) is 24.1. The number of anilines is 1. The minimum absolute atomic E-state index is 0.00269. The van der Waals surface area contributed by atoms with Gasteiger partial charge in [0.25, 0.3) is 0 Å². The van der Waals surface area contributed by atoms with Gasteiger partial charge in [-0.05, 0) is 55.0 Å². The minimum Gasteiger partial charge on any atom is -0.452 e. The van der Waals surface area contributed by atoms with E-state index in [0.717, 1.165) is 29.5 Å². The standard InChI is InChI=1S/C28H24F2N4O3/c1-3-18-4-10-25-27(12-19(15-34(25)14-18)24-16-33(2)17-31-24)37-26-11-7-21(13-23(26)30)32-28(35)36-22-8-5-20(29)6-9-22/h4-13,15-17H,3,14H2,1-2H3,(H,32,35). The zero-order valence-electron chi connectivity index (χ0n) is 20.2. The molecule has 188 valence electrons. The number of allylic oxidation sites excluding steroid dienone is 4. The molecule has 37 heavy (non-hydrogen) atoms. The number of nitrogens with one attached hydrogen (secondary N) is 1. The van der Waals surface area contributed by atoms with Gasteiger partial charge in [0.1, 0.15) is 11.6 Å². The molecule has 0 aliphatic carbocycles. The van der Waals surface area contributed by atoms with Gasteiger partial charge in [-0.15, -0.1) is 0 Å². The fraction of sp³-hybridized carbons (Fsp3) is 0.143. The third-order valence-corrected chi connectivity index (χ3v) is 5.87. The smallest absolute Gasteiger partial charge is 0.417 e. The fourth-order valence-corrected chi connectivity index (χ4v) is 3.95. The Balaban J connectivity index is 1.35. The van der Waals surface area contributed by atoms with Gasteiger partial charge in [0.2, 0.25) is 0 Å². The summed E-state index contributed by atoms with van der Waals surface area (Å²) in [5.74, 6) is -0.481. The second-order valence-electron chi connectivity index (χ2n) is 8.59. The van der Waals surface area contributed by atoms with Gasteiger partial charge in [-0.1, -0.05) is 18.6 Å². The Kier molecular flexibility index (Phi) is 6.59. The molecule has 0 unspecified atom stereocenters. The molecule has 0 atom stereocenters. The van der Waals surface area contributed by atoms with Gasteiger partial charge < -0.3 is 18.9 Å². The zero-order chi connectivity index (χ0) is 25.9. The molecule has 0 spiro atoms. The first-order chi connectivity index (χ1) is 17.9. The summed E-state index contributed by atoms with van der Waals surface area (Å²) in [6, 6.07) is 9.06. The van der Waals surface area contributed by atoms with E-state index in [2.05, 4.69) is 28.2 Å². The summed E-state index contributed by atoms with van der Waals surface area (Å²) >= 11 is 0. The summed E-state index contributed by atoms with van der Waals surface area (Å²) in [7, 11) is 1.89. The Labute approximate surface area is 212 Å². The Bertz CT molecular complexity index is 1470. The van der Waals surface area contributed by atoms with Crippen molar-refractivity contribution in [1.29, 1.82) is 0 Å². The van der Waals surface area contributed by atoms with Crippen LogP contribution in [0.3, 0.4) is 0 Å². The van der Waals surface area contributed by atoms with Crippen LogP contribution in [0.4, 0.5) is 19.3 Å². The minimum atomic E-state index is -0.832. The van der Waals surface area contributed by atoms with Crippen LogP contribution in [0.1, 0.15) is 19.0 Å². The summed E-state index contributed by atoms with van der Waals surface area (Å²) in [6.07, 6.45) is 11.6. The molecule has 2 aliphatic rings. The number of carbonyl (C=O) groups is 1. The highest BCUT2D eigenvalue weighted by molar-refractivity contribution is 5.86. The molecule has 3 heterocycles. The van der Waals surface area contributed by atoms with Crippen molar-refractivity contribution in [3.05, 3.63) is 114 Å². The van der Waals surface area contributed by atoms with Crippen LogP contribution in [0.15, 0.2) is 96.4 Å². The first-order valence-corrected chi connectivity index (χ1v) is 11.7. The number of nitrogens with zero attached hydrogens (tertiary/aromatic N) is 3. The number of benzene rings is 2. The Morgan fingerprint density at radius 1 is 1.14 bits per heavy atom. The van der Waals surface area contributed by atoms with Crippen molar-refractivity contribution in [2.75, 3.05) is 11.9 Å².